The van der Waals surface area contributed by atoms with E-state index in [-0.39, 0.29) is 0 Å². The summed E-state index contributed by atoms with van der Waals surface area (Å²) >= 11 is 7.73. The van der Waals surface area contributed by atoms with Gasteiger partial charge in [-0.05, 0) is 43.1 Å². The molecule has 0 unspecified atom stereocenters. The molecule has 0 aromatic heterocycles. The van der Waals surface area contributed by atoms with E-state index < -0.39 is 0 Å². The van der Waals surface area contributed by atoms with E-state index in [0.717, 1.165) is 36.3 Å². The van der Waals surface area contributed by atoms with Crippen molar-refractivity contribution in [1.82, 2.24) is 0 Å². The summed E-state index contributed by atoms with van der Waals surface area (Å²) in [6, 6.07) is 7.96. The summed E-state index contributed by atoms with van der Waals surface area (Å²) < 4.78 is 0. The number of carbonyl (C=O) groups excluding carboxylic acids is 1. The first-order chi connectivity index (χ1) is 7.84. The largest absolute Gasteiger partial charge is 0.302 e. The van der Waals surface area contributed by atoms with Crippen LogP contribution in [-0.4, -0.2) is 17.8 Å². The second kappa shape index (κ2) is 8.66. The molecule has 0 aliphatic heterocycles. The van der Waals surface area contributed by atoms with Gasteiger partial charge < -0.3 is 4.79 Å². The van der Waals surface area contributed by atoms with Crippen molar-refractivity contribution >= 4 is 29.6 Å². The third kappa shape index (κ3) is 5.57. The molecule has 1 radical (unpaired) electrons. The normalized spacial score (nSPS) is 10.3. The maximum absolute atomic E-state index is 10.1. The number of halogens is 1. The average Bonchev–Trinajstić information content (AvgIpc) is 2.30. The second-order valence-corrected chi connectivity index (χ2v) is 5.01. The Bertz CT molecular complexity index is 315. The lowest BCUT2D eigenvalue weighted by molar-refractivity contribution is -0.105. The van der Waals surface area contributed by atoms with E-state index in [4.69, 9.17) is 11.6 Å². The maximum atomic E-state index is 10.1. The lowest BCUT2D eigenvalue weighted by Gasteiger charge is -2.03. The minimum absolute atomic E-state index is 0.609. The molecule has 1 rings (SSSR count). The molecule has 3 heteroatoms. The maximum Gasteiger partial charge on any atom is 0.129 e. The van der Waals surface area contributed by atoms with E-state index in [0.29, 0.717) is 5.75 Å². The van der Waals surface area contributed by atoms with Crippen molar-refractivity contribution in [3.63, 3.8) is 0 Å². The van der Waals surface area contributed by atoms with Crippen LogP contribution in [0.5, 0.6) is 0 Å². The summed E-state index contributed by atoms with van der Waals surface area (Å²) in [4.78, 5) is 10.1. The number of unbranched alkanes of at least 4 members (excludes halogenated alkanes) is 2. The molecule has 1 nitrogen and oxygen atoms in total. The van der Waals surface area contributed by atoms with Crippen molar-refractivity contribution in [2.45, 2.75) is 19.3 Å². The lowest BCUT2D eigenvalue weighted by Crippen LogP contribution is -1.90. The van der Waals surface area contributed by atoms with Crippen molar-refractivity contribution in [3.05, 3.63) is 41.3 Å². The van der Waals surface area contributed by atoms with Crippen LogP contribution in [0, 0.1) is 6.42 Å². The highest BCUT2D eigenvalue weighted by molar-refractivity contribution is 7.99. The van der Waals surface area contributed by atoms with Gasteiger partial charge in [0.2, 0.25) is 0 Å². The van der Waals surface area contributed by atoms with Crippen LogP contribution in [0.3, 0.4) is 0 Å². The molecule has 0 aliphatic rings. The highest BCUT2D eigenvalue weighted by Crippen LogP contribution is 2.17. The first kappa shape index (κ1) is 13.6. The zero-order valence-corrected chi connectivity index (χ0v) is 10.8. The standard InChI is InChI=1S/C13H16ClOS/c14-13-8-4-3-7-12(13)6-2-1-5-10-16-11-9-15/h1,3-4,7-9H,2,5-6,10-11H2. The molecule has 0 atom stereocenters. The fourth-order valence-corrected chi connectivity index (χ4v) is 2.23. The molecule has 0 spiro atoms. The number of benzene rings is 1. The number of aldehydes is 1. The SMILES string of the molecule is O=CCSCC[CH]CCc1ccccc1Cl. The molecule has 16 heavy (non-hydrogen) atoms. The molecule has 0 amide bonds. The first-order valence-corrected chi connectivity index (χ1v) is 6.94. The Balaban J connectivity index is 2.07. The van der Waals surface area contributed by atoms with Crippen LogP contribution >= 0.6 is 23.4 Å². The van der Waals surface area contributed by atoms with Gasteiger partial charge in [0.05, 0.1) is 0 Å². The number of hydrogen-bond donors (Lipinski definition) is 0. The van der Waals surface area contributed by atoms with Crippen LogP contribution < -0.4 is 0 Å². The molecule has 0 aliphatic carbocycles. The monoisotopic (exact) mass is 255 g/mol. The summed E-state index contributed by atoms with van der Waals surface area (Å²) in [5.41, 5.74) is 1.21. The molecule has 0 fully saturated rings. The molecule has 0 heterocycles. The van der Waals surface area contributed by atoms with E-state index in [9.17, 15) is 4.79 Å². The van der Waals surface area contributed by atoms with Crippen LogP contribution in [0.25, 0.3) is 0 Å². The van der Waals surface area contributed by atoms with E-state index in [1.165, 1.54) is 5.56 Å². The van der Waals surface area contributed by atoms with Crippen LogP contribution in [-0.2, 0) is 11.2 Å². The number of hydrogen-bond acceptors (Lipinski definition) is 2. The fraction of sp³-hybridized carbons (Fsp3) is 0.385. The Morgan fingerprint density at radius 1 is 1.25 bits per heavy atom. The lowest BCUT2D eigenvalue weighted by atomic mass is 10.1. The third-order valence-corrected chi connectivity index (χ3v) is 3.49. The molecular weight excluding hydrogens is 240 g/mol. The smallest absolute Gasteiger partial charge is 0.129 e. The molecule has 0 saturated heterocycles. The molecular formula is C13H16ClOS. The van der Waals surface area contributed by atoms with Crippen LogP contribution in [0.4, 0.5) is 0 Å². The second-order valence-electron chi connectivity index (χ2n) is 3.45. The summed E-state index contributed by atoms with van der Waals surface area (Å²) in [6.07, 6.45) is 6.32. The predicted molar refractivity (Wildman–Crippen MR) is 72.1 cm³/mol. The highest BCUT2D eigenvalue weighted by atomic mass is 35.5. The van der Waals surface area contributed by atoms with Crippen LogP contribution in [0.2, 0.25) is 5.02 Å². The van der Waals surface area contributed by atoms with E-state index in [1.807, 2.05) is 18.2 Å². The Morgan fingerprint density at radius 3 is 2.81 bits per heavy atom. The zero-order valence-electron chi connectivity index (χ0n) is 9.19. The Morgan fingerprint density at radius 2 is 2.06 bits per heavy atom. The van der Waals surface area contributed by atoms with Gasteiger partial charge in [-0.25, -0.2) is 0 Å². The minimum Gasteiger partial charge on any atom is -0.302 e. The van der Waals surface area contributed by atoms with Gasteiger partial charge in [-0.15, -0.1) is 0 Å². The summed E-state index contributed by atoms with van der Waals surface area (Å²) in [5, 5.41) is 0.853. The van der Waals surface area contributed by atoms with Gasteiger partial charge in [0.25, 0.3) is 0 Å². The zero-order chi connectivity index (χ0) is 11.6. The van der Waals surface area contributed by atoms with E-state index >= 15 is 0 Å². The molecule has 87 valence electrons. The summed E-state index contributed by atoms with van der Waals surface area (Å²) in [5.74, 6) is 1.64. The molecule has 0 N–H and O–H groups in total. The van der Waals surface area contributed by atoms with Gasteiger partial charge in [0, 0.05) is 10.8 Å². The van der Waals surface area contributed by atoms with E-state index in [2.05, 4.69) is 12.5 Å². The first-order valence-electron chi connectivity index (χ1n) is 5.41. The van der Waals surface area contributed by atoms with Gasteiger partial charge in [0.15, 0.2) is 0 Å². The molecule has 0 bridgehead atoms. The number of aryl methyl sites for hydroxylation is 1. The third-order valence-electron chi connectivity index (χ3n) is 2.23. The van der Waals surface area contributed by atoms with Gasteiger partial charge in [-0.1, -0.05) is 29.8 Å². The Hall–Kier alpha value is -0.470. The van der Waals surface area contributed by atoms with Crippen molar-refractivity contribution in [3.8, 4) is 0 Å². The molecule has 0 saturated carbocycles. The van der Waals surface area contributed by atoms with Crippen molar-refractivity contribution in [2.75, 3.05) is 11.5 Å². The van der Waals surface area contributed by atoms with Crippen molar-refractivity contribution in [1.29, 1.82) is 0 Å². The minimum atomic E-state index is 0.609. The average molecular weight is 256 g/mol. The summed E-state index contributed by atoms with van der Waals surface area (Å²) in [6.45, 7) is 0. The highest BCUT2D eigenvalue weighted by Gasteiger charge is 1.98. The van der Waals surface area contributed by atoms with E-state index in [1.54, 1.807) is 11.8 Å². The van der Waals surface area contributed by atoms with Crippen LogP contribution in [0.15, 0.2) is 24.3 Å². The molecule has 1 aromatic rings. The molecule has 1 aromatic carbocycles. The Kier molecular flexibility index (Phi) is 7.35. The van der Waals surface area contributed by atoms with Crippen molar-refractivity contribution < 1.29 is 4.79 Å². The van der Waals surface area contributed by atoms with Crippen LogP contribution in [0.1, 0.15) is 18.4 Å². The summed E-state index contributed by atoms with van der Waals surface area (Å²) in [7, 11) is 0. The topological polar surface area (TPSA) is 17.1 Å². The Labute approximate surface area is 107 Å². The quantitative estimate of drug-likeness (QED) is 0.519. The van der Waals surface area contributed by atoms with Gasteiger partial charge in [-0.2, -0.15) is 11.8 Å². The number of rotatable bonds is 8. The van der Waals surface area contributed by atoms with Gasteiger partial charge >= 0.3 is 0 Å². The van der Waals surface area contributed by atoms with Crippen molar-refractivity contribution in [2.24, 2.45) is 0 Å². The fourth-order valence-electron chi connectivity index (χ4n) is 1.40. The number of thioether (sulfide) groups is 1. The van der Waals surface area contributed by atoms with Gasteiger partial charge in [-0.3, -0.25) is 0 Å². The van der Waals surface area contributed by atoms with Gasteiger partial charge in [0.1, 0.15) is 6.29 Å². The number of carbonyl (C=O) groups is 1. The predicted octanol–water partition coefficient (Wildman–Crippen LogP) is 3.80.